The van der Waals surface area contributed by atoms with E-state index in [0.717, 1.165) is 11.1 Å². The van der Waals surface area contributed by atoms with Gasteiger partial charge in [0.25, 0.3) is 5.56 Å². The van der Waals surface area contributed by atoms with Crippen LogP contribution in [0.2, 0.25) is 0 Å². The summed E-state index contributed by atoms with van der Waals surface area (Å²) in [4.78, 5) is 20.4. The number of pyridine rings is 1. The Morgan fingerprint density at radius 2 is 2.11 bits per heavy atom. The molecule has 3 N–H and O–H groups in total. The van der Waals surface area contributed by atoms with Gasteiger partial charge in [-0.1, -0.05) is 27.7 Å². The van der Waals surface area contributed by atoms with E-state index in [1.54, 1.807) is 18.3 Å². The fraction of sp³-hybridized carbons (Fsp3) is 0.429. The van der Waals surface area contributed by atoms with Crippen molar-refractivity contribution in [2.24, 2.45) is 5.41 Å². The van der Waals surface area contributed by atoms with Gasteiger partial charge in [-0.05, 0) is 48.1 Å². The maximum atomic E-state index is 14.0. The molecule has 1 aromatic carbocycles. The standard InChI is InChI=1S/C21H27FN4O2/c1-5-18(27)24-15-7-6-8-26(20(15)28)12-17-23-16-10-14(22)9-13(19(16)25-17)11-21(2,3)4/h6-10,18,24,27H,5,11-12H2,1-4H3,(H,23,25)/t18-/m1/s1. The van der Waals surface area contributed by atoms with Crippen LogP contribution in [-0.4, -0.2) is 25.9 Å². The number of fused-ring (bicyclic) bond motifs is 1. The topological polar surface area (TPSA) is 82.9 Å². The monoisotopic (exact) mass is 386 g/mol. The van der Waals surface area contributed by atoms with Gasteiger partial charge in [-0.15, -0.1) is 0 Å². The molecule has 0 amide bonds. The number of aliphatic hydroxyl groups is 1. The van der Waals surface area contributed by atoms with Gasteiger partial charge in [-0.2, -0.15) is 0 Å². The van der Waals surface area contributed by atoms with Gasteiger partial charge in [-0.25, -0.2) is 9.37 Å². The largest absolute Gasteiger partial charge is 0.374 e. The van der Waals surface area contributed by atoms with Crippen LogP contribution < -0.4 is 10.9 Å². The van der Waals surface area contributed by atoms with E-state index in [-0.39, 0.29) is 23.3 Å². The molecule has 7 heteroatoms. The number of benzene rings is 1. The second-order valence-electron chi connectivity index (χ2n) is 8.31. The molecule has 2 aromatic heterocycles. The molecule has 0 spiro atoms. The van der Waals surface area contributed by atoms with Gasteiger partial charge in [0.2, 0.25) is 0 Å². The molecule has 1 atom stereocenters. The summed E-state index contributed by atoms with van der Waals surface area (Å²) >= 11 is 0. The van der Waals surface area contributed by atoms with E-state index in [2.05, 4.69) is 36.1 Å². The Kier molecular flexibility index (Phi) is 5.56. The molecule has 0 radical (unpaired) electrons. The molecule has 3 aromatic rings. The normalized spacial score (nSPS) is 13.1. The lowest BCUT2D eigenvalue weighted by Crippen LogP contribution is -2.27. The molecule has 3 rings (SSSR count). The maximum Gasteiger partial charge on any atom is 0.274 e. The number of halogens is 1. The Morgan fingerprint density at radius 1 is 1.36 bits per heavy atom. The molecule has 0 aliphatic rings. The predicted octanol–water partition coefficient (Wildman–Crippen LogP) is 3.64. The summed E-state index contributed by atoms with van der Waals surface area (Å²) in [6.07, 6.45) is 2.06. The maximum absolute atomic E-state index is 14.0. The van der Waals surface area contributed by atoms with Crippen molar-refractivity contribution < 1.29 is 9.50 Å². The van der Waals surface area contributed by atoms with E-state index < -0.39 is 6.23 Å². The van der Waals surface area contributed by atoms with Crippen LogP contribution in [0.5, 0.6) is 0 Å². The molecule has 150 valence electrons. The quantitative estimate of drug-likeness (QED) is 0.565. The highest BCUT2D eigenvalue weighted by atomic mass is 19.1. The van der Waals surface area contributed by atoms with E-state index >= 15 is 0 Å². The number of aromatic nitrogens is 3. The molecule has 0 unspecified atom stereocenters. The number of rotatable bonds is 6. The third-order valence-corrected chi connectivity index (χ3v) is 4.45. The zero-order chi connectivity index (χ0) is 20.5. The van der Waals surface area contributed by atoms with E-state index in [1.807, 2.05) is 6.92 Å². The predicted molar refractivity (Wildman–Crippen MR) is 109 cm³/mol. The highest BCUT2D eigenvalue weighted by molar-refractivity contribution is 5.79. The van der Waals surface area contributed by atoms with Crippen LogP contribution in [-0.2, 0) is 13.0 Å². The van der Waals surface area contributed by atoms with Crippen LogP contribution in [0.1, 0.15) is 45.5 Å². The highest BCUT2D eigenvalue weighted by Crippen LogP contribution is 2.26. The summed E-state index contributed by atoms with van der Waals surface area (Å²) in [5.41, 5.74) is 2.27. The summed E-state index contributed by atoms with van der Waals surface area (Å²) < 4.78 is 15.5. The number of hydrogen-bond acceptors (Lipinski definition) is 4. The number of hydrogen-bond donors (Lipinski definition) is 3. The molecule has 28 heavy (non-hydrogen) atoms. The summed E-state index contributed by atoms with van der Waals surface area (Å²) in [7, 11) is 0. The van der Waals surface area contributed by atoms with Gasteiger partial charge in [0.05, 0.1) is 17.6 Å². The smallest absolute Gasteiger partial charge is 0.274 e. The Hall–Kier alpha value is -2.67. The van der Waals surface area contributed by atoms with Crippen molar-refractivity contribution in [2.75, 3.05) is 5.32 Å². The molecule has 0 aliphatic heterocycles. The molecule has 6 nitrogen and oxygen atoms in total. The van der Waals surface area contributed by atoms with Gasteiger partial charge in [0, 0.05) is 6.20 Å². The molecule has 0 fully saturated rings. The number of aromatic amines is 1. The Labute approximate surface area is 163 Å². The van der Waals surface area contributed by atoms with Crippen molar-refractivity contribution in [2.45, 2.75) is 53.3 Å². The number of imidazole rings is 1. The van der Waals surface area contributed by atoms with E-state index in [1.165, 1.54) is 16.7 Å². The Bertz CT molecular complexity index is 1030. The average molecular weight is 386 g/mol. The van der Waals surface area contributed by atoms with Crippen LogP contribution in [0.25, 0.3) is 11.0 Å². The summed E-state index contributed by atoms with van der Waals surface area (Å²) in [5.74, 6) is 0.268. The van der Waals surface area contributed by atoms with Crippen LogP contribution in [0, 0.1) is 11.2 Å². The summed E-state index contributed by atoms with van der Waals surface area (Å²) in [5, 5.41) is 12.5. The third-order valence-electron chi connectivity index (χ3n) is 4.45. The molecule has 0 saturated carbocycles. The number of H-pyrrole nitrogens is 1. The first-order valence-corrected chi connectivity index (χ1v) is 9.47. The van der Waals surface area contributed by atoms with Gasteiger partial charge < -0.3 is 20.0 Å². The second kappa shape index (κ2) is 7.75. The lowest BCUT2D eigenvalue weighted by Gasteiger charge is -2.18. The Morgan fingerprint density at radius 3 is 2.79 bits per heavy atom. The first-order chi connectivity index (χ1) is 13.2. The van der Waals surface area contributed by atoms with Crippen LogP contribution in [0.15, 0.2) is 35.3 Å². The zero-order valence-electron chi connectivity index (χ0n) is 16.7. The van der Waals surface area contributed by atoms with Gasteiger partial charge in [-0.3, -0.25) is 4.79 Å². The number of nitrogens with one attached hydrogen (secondary N) is 2. The number of nitrogens with zero attached hydrogens (tertiary/aromatic N) is 2. The van der Waals surface area contributed by atoms with E-state index in [4.69, 9.17) is 0 Å². The molecule has 0 bridgehead atoms. The average Bonchev–Trinajstić information content (AvgIpc) is 2.99. The molecular formula is C21H27FN4O2. The van der Waals surface area contributed by atoms with Crippen molar-refractivity contribution >= 4 is 16.7 Å². The van der Waals surface area contributed by atoms with E-state index in [0.29, 0.717) is 29.9 Å². The molecule has 2 heterocycles. The van der Waals surface area contributed by atoms with Crippen molar-refractivity contribution in [3.8, 4) is 0 Å². The summed E-state index contributed by atoms with van der Waals surface area (Å²) in [6.45, 7) is 8.34. The minimum atomic E-state index is -0.780. The number of anilines is 1. The van der Waals surface area contributed by atoms with Crippen molar-refractivity contribution in [1.29, 1.82) is 0 Å². The van der Waals surface area contributed by atoms with Crippen LogP contribution >= 0.6 is 0 Å². The highest BCUT2D eigenvalue weighted by Gasteiger charge is 2.17. The van der Waals surface area contributed by atoms with Crippen molar-refractivity contribution in [3.05, 3.63) is 58.0 Å². The molecule has 0 saturated heterocycles. The van der Waals surface area contributed by atoms with Crippen molar-refractivity contribution in [1.82, 2.24) is 14.5 Å². The summed E-state index contributed by atoms with van der Waals surface area (Å²) in [6, 6.07) is 6.32. The zero-order valence-corrected chi connectivity index (χ0v) is 16.7. The SMILES string of the molecule is CC[C@@H](O)Nc1cccn(Cc2nc3c(CC(C)(C)C)cc(F)cc3[nH]2)c1=O. The van der Waals surface area contributed by atoms with Crippen molar-refractivity contribution in [3.63, 3.8) is 0 Å². The Balaban J connectivity index is 1.95. The van der Waals surface area contributed by atoms with Gasteiger partial charge in [0.15, 0.2) is 0 Å². The fourth-order valence-corrected chi connectivity index (χ4v) is 3.20. The second-order valence-corrected chi connectivity index (χ2v) is 8.31. The number of aliphatic hydroxyl groups excluding tert-OH is 1. The first-order valence-electron chi connectivity index (χ1n) is 9.47. The molecular weight excluding hydrogens is 359 g/mol. The van der Waals surface area contributed by atoms with Crippen LogP contribution in [0.4, 0.5) is 10.1 Å². The van der Waals surface area contributed by atoms with Crippen LogP contribution in [0.3, 0.4) is 0 Å². The lowest BCUT2D eigenvalue weighted by molar-refractivity contribution is 0.199. The fourth-order valence-electron chi connectivity index (χ4n) is 3.20. The third kappa shape index (κ3) is 4.59. The lowest BCUT2D eigenvalue weighted by atomic mass is 9.87. The minimum absolute atomic E-state index is 0.00309. The van der Waals surface area contributed by atoms with E-state index in [9.17, 15) is 14.3 Å². The minimum Gasteiger partial charge on any atom is -0.374 e. The van der Waals surface area contributed by atoms with Gasteiger partial charge in [0.1, 0.15) is 23.6 Å². The molecule has 0 aliphatic carbocycles. The van der Waals surface area contributed by atoms with Gasteiger partial charge >= 0.3 is 0 Å². The first kappa shape index (κ1) is 20.1.